The van der Waals surface area contributed by atoms with Crippen molar-refractivity contribution in [3.05, 3.63) is 59.7 Å². The van der Waals surface area contributed by atoms with Crippen molar-refractivity contribution in [3.8, 4) is 11.5 Å². The number of hydrogen-bond donors (Lipinski definition) is 0. The van der Waals surface area contributed by atoms with E-state index in [1.165, 1.54) is 0 Å². The molecule has 0 bridgehead atoms. The molecule has 116 valence electrons. The van der Waals surface area contributed by atoms with Crippen molar-refractivity contribution < 1.29 is 14.3 Å². The minimum Gasteiger partial charge on any atom is -0.497 e. The Balaban J connectivity index is 2.31. The van der Waals surface area contributed by atoms with Crippen LogP contribution in [0.5, 0.6) is 11.5 Å². The molecular weight excluding hydrogens is 276 g/mol. The largest absolute Gasteiger partial charge is 0.497 e. The molecule has 0 aliphatic carbocycles. The average molecular weight is 298 g/mol. The lowest BCUT2D eigenvalue weighted by Crippen LogP contribution is -2.18. The normalized spacial score (nSPS) is 12.0. The molecule has 0 aromatic heterocycles. The van der Waals surface area contributed by atoms with Gasteiger partial charge in [0.1, 0.15) is 11.5 Å². The summed E-state index contributed by atoms with van der Waals surface area (Å²) in [5.74, 6) is 1.72. The first kappa shape index (κ1) is 16.1. The van der Waals surface area contributed by atoms with Gasteiger partial charge < -0.3 is 9.47 Å². The number of Topliss-reactive ketones (excluding diaryl/α,β-unsaturated/α-hetero) is 1. The van der Waals surface area contributed by atoms with Crippen LogP contribution >= 0.6 is 0 Å². The van der Waals surface area contributed by atoms with Gasteiger partial charge in [-0.3, -0.25) is 4.79 Å². The SMILES string of the molecule is COc1ccc(C(=O)C(c2ccc(OC)cc2)C(C)C)cc1. The number of carbonyl (C=O) groups excluding carboxylic acids is 1. The van der Waals surface area contributed by atoms with Crippen molar-refractivity contribution in [1.82, 2.24) is 0 Å². The summed E-state index contributed by atoms with van der Waals surface area (Å²) in [5, 5.41) is 0. The maximum absolute atomic E-state index is 12.9. The first-order valence-corrected chi connectivity index (χ1v) is 7.39. The molecule has 0 radical (unpaired) electrons. The Morgan fingerprint density at radius 3 is 1.68 bits per heavy atom. The molecule has 2 rings (SSSR count). The average Bonchev–Trinajstić information content (AvgIpc) is 2.55. The van der Waals surface area contributed by atoms with Crippen LogP contribution in [0, 0.1) is 5.92 Å². The monoisotopic (exact) mass is 298 g/mol. The molecule has 0 heterocycles. The van der Waals surface area contributed by atoms with Crippen LogP contribution in [0.4, 0.5) is 0 Å². The van der Waals surface area contributed by atoms with Gasteiger partial charge in [0.15, 0.2) is 5.78 Å². The van der Waals surface area contributed by atoms with E-state index in [1.54, 1.807) is 14.2 Å². The Hall–Kier alpha value is -2.29. The maximum Gasteiger partial charge on any atom is 0.170 e. The topological polar surface area (TPSA) is 35.5 Å². The van der Waals surface area contributed by atoms with E-state index in [2.05, 4.69) is 13.8 Å². The molecule has 0 saturated carbocycles. The number of hydrogen-bond acceptors (Lipinski definition) is 3. The zero-order chi connectivity index (χ0) is 16.1. The molecule has 2 aromatic carbocycles. The van der Waals surface area contributed by atoms with E-state index in [9.17, 15) is 4.79 Å². The van der Waals surface area contributed by atoms with Gasteiger partial charge in [-0.25, -0.2) is 0 Å². The van der Waals surface area contributed by atoms with Crippen molar-refractivity contribution in [3.63, 3.8) is 0 Å². The molecule has 0 fully saturated rings. The molecule has 1 unspecified atom stereocenters. The minimum atomic E-state index is -0.167. The first-order chi connectivity index (χ1) is 10.6. The van der Waals surface area contributed by atoms with E-state index in [-0.39, 0.29) is 17.6 Å². The Kier molecular flexibility index (Phi) is 5.21. The number of ketones is 1. The van der Waals surface area contributed by atoms with E-state index >= 15 is 0 Å². The van der Waals surface area contributed by atoms with Crippen molar-refractivity contribution >= 4 is 5.78 Å². The lowest BCUT2D eigenvalue weighted by atomic mass is 9.82. The summed E-state index contributed by atoms with van der Waals surface area (Å²) in [6.07, 6.45) is 0. The molecular formula is C19H22O3. The smallest absolute Gasteiger partial charge is 0.170 e. The van der Waals surface area contributed by atoms with Gasteiger partial charge in [0.25, 0.3) is 0 Å². The standard InChI is InChI=1S/C19H22O3/c1-13(2)18(14-5-9-16(21-3)10-6-14)19(20)15-7-11-17(22-4)12-8-15/h5-13,18H,1-4H3. The molecule has 0 aliphatic heterocycles. The quantitative estimate of drug-likeness (QED) is 0.745. The number of ether oxygens (including phenoxy) is 2. The fraction of sp³-hybridized carbons (Fsp3) is 0.316. The van der Waals surface area contributed by atoms with Gasteiger partial charge in [-0.1, -0.05) is 26.0 Å². The van der Waals surface area contributed by atoms with E-state index in [0.29, 0.717) is 5.56 Å². The third-order valence-electron chi connectivity index (χ3n) is 3.80. The van der Waals surface area contributed by atoms with Crippen LogP contribution in [0.25, 0.3) is 0 Å². The Morgan fingerprint density at radius 1 is 0.818 bits per heavy atom. The second kappa shape index (κ2) is 7.12. The third kappa shape index (κ3) is 3.48. The lowest BCUT2D eigenvalue weighted by Gasteiger charge is -2.20. The summed E-state index contributed by atoms with van der Waals surface area (Å²) in [6.45, 7) is 4.13. The first-order valence-electron chi connectivity index (χ1n) is 7.39. The predicted molar refractivity (Wildman–Crippen MR) is 87.9 cm³/mol. The summed E-state index contributed by atoms with van der Waals surface area (Å²) in [7, 11) is 3.25. The highest BCUT2D eigenvalue weighted by Crippen LogP contribution is 2.30. The zero-order valence-electron chi connectivity index (χ0n) is 13.5. The second-order valence-electron chi connectivity index (χ2n) is 5.59. The van der Waals surface area contributed by atoms with Crippen molar-refractivity contribution in [2.24, 2.45) is 5.92 Å². The molecule has 0 amide bonds. The van der Waals surface area contributed by atoms with Crippen LogP contribution in [0.3, 0.4) is 0 Å². The van der Waals surface area contributed by atoms with Crippen molar-refractivity contribution in [1.29, 1.82) is 0 Å². The predicted octanol–water partition coefficient (Wildman–Crippen LogP) is 4.33. The highest BCUT2D eigenvalue weighted by atomic mass is 16.5. The molecule has 2 aromatic rings. The van der Waals surface area contributed by atoms with Gasteiger partial charge in [-0.2, -0.15) is 0 Å². The Labute approximate surface area is 131 Å². The Morgan fingerprint density at radius 2 is 1.27 bits per heavy atom. The van der Waals surface area contributed by atoms with Crippen LogP contribution < -0.4 is 9.47 Å². The number of rotatable bonds is 6. The number of benzene rings is 2. The van der Waals surface area contributed by atoms with Crippen LogP contribution in [-0.2, 0) is 0 Å². The molecule has 0 aliphatic rings. The van der Waals surface area contributed by atoms with Crippen LogP contribution in [0.1, 0.15) is 35.7 Å². The summed E-state index contributed by atoms with van der Waals surface area (Å²) in [5.41, 5.74) is 1.71. The fourth-order valence-corrected chi connectivity index (χ4v) is 2.59. The van der Waals surface area contributed by atoms with E-state index in [0.717, 1.165) is 17.1 Å². The molecule has 22 heavy (non-hydrogen) atoms. The molecule has 0 saturated heterocycles. The van der Waals surface area contributed by atoms with Gasteiger partial charge in [0, 0.05) is 11.5 Å². The highest BCUT2D eigenvalue weighted by molar-refractivity contribution is 6.01. The number of carbonyl (C=O) groups is 1. The molecule has 0 N–H and O–H groups in total. The van der Waals surface area contributed by atoms with Crippen LogP contribution in [-0.4, -0.2) is 20.0 Å². The van der Waals surface area contributed by atoms with Crippen LogP contribution in [0.2, 0.25) is 0 Å². The molecule has 3 heteroatoms. The van der Waals surface area contributed by atoms with E-state index < -0.39 is 0 Å². The second-order valence-corrected chi connectivity index (χ2v) is 5.59. The van der Waals surface area contributed by atoms with Crippen molar-refractivity contribution in [2.75, 3.05) is 14.2 Å². The third-order valence-corrected chi connectivity index (χ3v) is 3.80. The summed E-state index contributed by atoms with van der Waals surface area (Å²) in [4.78, 5) is 12.9. The van der Waals surface area contributed by atoms with Gasteiger partial charge in [-0.15, -0.1) is 0 Å². The maximum atomic E-state index is 12.9. The Bertz CT molecular complexity index is 612. The fourth-order valence-electron chi connectivity index (χ4n) is 2.59. The summed E-state index contributed by atoms with van der Waals surface area (Å²) >= 11 is 0. The van der Waals surface area contributed by atoms with E-state index in [1.807, 2.05) is 48.5 Å². The van der Waals surface area contributed by atoms with Crippen LogP contribution in [0.15, 0.2) is 48.5 Å². The van der Waals surface area contributed by atoms with Gasteiger partial charge >= 0.3 is 0 Å². The van der Waals surface area contributed by atoms with Gasteiger partial charge in [0.05, 0.1) is 14.2 Å². The van der Waals surface area contributed by atoms with Crippen molar-refractivity contribution in [2.45, 2.75) is 19.8 Å². The molecule has 3 nitrogen and oxygen atoms in total. The minimum absolute atomic E-state index is 0.128. The van der Waals surface area contributed by atoms with Gasteiger partial charge in [0.2, 0.25) is 0 Å². The number of methoxy groups -OCH3 is 2. The van der Waals surface area contributed by atoms with E-state index in [4.69, 9.17) is 9.47 Å². The molecule has 1 atom stereocenters. The summed E-state index contributed by atoms with van der Waals surface area (Å²) < 4.78 is 10.3. The summed E-state index contributed by atoms with van der Waals surface area (Å²) in [6, 6.07) is 15.0. The van der Waals surface area contributed by atoms with Gasteiger partial charge in [-0.05, 0) is 47.9 Å². The molecule has 0 spiro atoms. The highest BCUT2D eigenvalue weighted by Gasteiger charge is 2.25. The lowest BCUT2D eigenvalue weighted by molar-refractivity contribution is 0.0938. The zero-order valence-corrected chi connectivity index (χ0v) is 13.5.